The number of nitrogens with zero attached hydrogens (tertiary/aromatic N) is 1. The lowest BCUT2D eigenvalue weighted by Gasteiger charge is -2.40. The van der Waals surface area contributed by atoms with Crippen molar-refractivity contribution in [3.8, 4) is 0 Å². The number of piperidine rings is 1. The Labute approximate surface area is 114 Å². The van der Waals surface area contributed by atoms with Gasteiger partial charge in [-0.05, 0) is 70.7 Å². The van der Waals surface area contributed by atoms with Gasteiger partial charge < -0.3 is 15.5 Å². The predicted molar refractivity (Wildman–Crippen MR) is 80.0 cm³/mol. The van der Waals surface area contributed by atoms with E-state index in [4.69, 9.17) is 0 Å². The molecule has 0 saturated carbocycles. The number of hydrogen-bond donors (Lipinski definition) is 2. The van der Waals surface area contributed by atoms with Gasteiger partial charge in [-0.3, -0.25) is 0 Å². The van der Waals surface area contributed by atoms with Gasteiger partial charge in [-0.15, -0.1) is 0 Å². The molecule has 1 heterocycles. The Bertz CT molecular complexity index is 216. The first kappa shape index (κ1) is 15.9. The summed E-state index contributed by atoms with van der Waals surface area (Å²) in [6.07, 6.45) is 5.32. The van der Waals surface area contributed by atoms with Gasteiger partial charge in [0.2, 0.25) is 0 Å². The van der Waals surface area contributed by atoms with Crippen molar-refractivity contribution >= 4 is 0 Å². The average molecular weight is 255 g/mol. The number of likely N-dealkylation sites (tertiary alicyclic amines) is 1. The normalized spacial score (nSPS) is 22.3. The van der Waals surface area contributed by atoms with Crippen LogP contribution in [0, 0.1) is 11.3 Å². The largest absolute Gasteiger partial charge is 0.320 e. The van der Waals surface area contributed by atoms with Gasteiger partial charge in [0.1, 0.15) is 0 Å². The van der Waals surface area contributed by atoms with Crippen molar-refractivity contribution in [1.29, 1.82) is 0 Å². The van der Waals surface area contributed by atoms with Gasteiger partial charge in [0.15, 0.2) is 0 Å². The highest BCUT2D eigenvalue weighted by Crippen LogP contribution is 2.32. The highest BCUT2D eigenvalue weighted by Gasteiger charge is 2.31. The first-order chi connectivity index (χ1) is 8.56. The Kier molecular flexibility index (Phi) is 7.20. The predicted octanol–water partition coefficient (Wildman–Crippen LogP) is 1.94. The Hall–Kier alpha value is -0.120. The van der Waals surface area contributed by atoms with E-state index in [9.17, 15) is 0 Å². The summed E-state index contributed by atoms with van der Waals surface area (Å²) in [6.45, 7) is 10.9. The van der Waals surface area contributed by atoms with Gasteiger partial charge in [-0.1, -0.05) is 13.8 Å². The quantitative estimate of drug-likeness (QED) is 0.649. The SMILES string of the molecule is CNCCCCNCC(C)(C)C1CCCN(C)C1. The van der Waals surface area contributed by atoms with E-state index in [1.807, 2.05) is 7.05 Å². The molecular formula is C15H33N3. The van der Waals surface area contributed by atoms with Crippen molar-refractivity contribution in [2.45, 2.75) is 39.5 Å². The lowest BCUT2D eigenvalue weighted by molar-refractivity contribution is 0.103. The van der Waals surface area contributed by atoms with Crippen LogP contribution in [0.3, 0.4) is 0 Å². The summed E-state index contributed by atoms with van der Waals surface area (Å²) in [5.41, 5.74) is 0.428. The molecule has 2 N–H and O–H groups in total. The fraction of sp³-hybridized carbons (Fsp3) is 1.00. The summed E-state index contributed by atoms with van der Waals surface area (Å²) in [5.74, 6) is 0.848. The van der Waals surface area contributed by atoms with Crippen LogP contribution < -0.4 is 10.6 Å². The number of rotatable bonds is 8. The summed E-state index contributed by atoms with van der Waals surface area (Å²) in [7, 11) is 4.28. The lowest BCUT2D eigenvalue weighted by Crippen LogP contribution is -2.44. The monoisotopic (exact) mass is 255 g/mol. The third-order valence-electron chi connectivity index (χ3n) is 4.34. The van der Waals surface area contributed by atoms with E-state index in [0.717, 1.165) is 25.6 Å². The van der Waals surface area contributed by atoms with E-state index in [-0.39, 0.29) is 0 Å². The number of hydrogen-bond acceptors (Lipinski definition) is 3. The van der Waals surface area contributed by atoms with Crippen LogP contribution in [0.25, 0.3) is 0 Å². The van der Waals surface area contributed by atoms with Crippen LogP contribution in [0.15, 0.2) is 0 Å². The smallest absolute Gasteiger partial charge is 0.00122 e. The minimum Gasteiger partial charge on any atom is -0.320 e. The van der Waals surface area contributed by atoms with Crippen LogP contribution in [-0.4, -0.2) is 51.7 Å². The van der Waals surface area contributed by atoms with E-state index in [0.29, 0.717) is 5.41 Å². The molecule has 108 valence electrons. The number of nitrogens with one attached hydrogen (secondary N) is 2. The molecule has 0 spiro atoms. The summed E-state index contributed by atoms with van der Waals surface area (Å²) in [6, 6.07) is 0. The number of unbranched alkanes of at least 4 members (excludes halogenated alkanes) is 1. The molecule has 0 radical (unpaired) electrons. The van der Waals surface area contributed by atoms with Crippen molar-refractivity contribution < 1.29 is 0 Å². The fourth-order valence-corrected chi connectivity index (χ4v) is 2.91. The van der Waals surface area contributed by atoms with Crippen molar-refractivity contribution in [2.75, 3.05) is 46.8 Å². The maximum absolute atomic E-state index is 3.65. The van der Waals surface area contributed by atoms with Crippen LogP contribution >= 0.6 is 0 Å². The topological polar surface area (TPSA) is 27.3 Å². The van der Waals surface area contributed by atoms with E-state index in [1.54, 1.807) is 0 Å². The maximum atomic E-state index is 3.65. The second-order valence-corrected chi connectivity index (χ2v) is 6.58. The first-order valence-electron chi connectivity index (χ1n) is 7.60. The molecule has 0 aliphatic carbocycles. The third-order valence-corrected chi connectivity index (χ3v) is 4.34. The molecule has 1 rings (SSSR count). The van der Waals surface area contributed by atoms with E-state index in [1.165, 1.54) is 38.8 Å². The van der Waals surface area contributed by atoms with Crippen molar-refractivity contribution in [3.05, 3.63) is 0 Å². The molecule has 1 fully saturated rings. The third kappa shape index (κ3) is 5.68. The van der Waals surface area contributed by atoms with Gasteiger partial charge >= 0.3 is 0 Å². The summed E-state index contributed by atoms with van der Waals surface area (Å²) >= 11 is 0. The second kappa shape index (κ2) is 8.13. The second-order valence-electron chi connectivity index (χ2n) is 6.58. The molecule has 0 aromatic heterocycles. The molecule has 3 nitrogen and oxygen atoms in total. The van der Waals surface area contributed by atoms with Crippen LogP contribution in [0.1, 0.15) is 39.5 Å². The fourth-order valence-electron chi connectivity index (χ4n) is 2.91. The molecule has 3 heteroatoms. The zero-order valence-electron chi connectivity index (χ0n) is 12.9. The summed E-state index contributed by atoms with van der Waals surface area (Å²) < 4.78 is 0. The van der Waals surface area contributed by atoms with Crippen molar-refractivity contribution in [2.24, 2.45) is 11.3 Å². The molecule has 1 atom stereocenters. The lowest BCUT2D eigenvalue weighted by atomic mass is 9.74. The van der Waals surface area contributed by atoms with E-state index < -0.39 is 0 Å². The van der Waals surface area contributed by atoms with Gasteiger partial charge in [0.25, 0.3) is 0 Å². The minimum absolute atomic E-state index is 0.428. The molecule has 0 amide bonds. The Balaban J connectivity index is 2.17. The average Bonchev–Trinajstić information content (AvgIpc) is 2.33. The molecular weight excluding hydrogens is 222 g/mol. The highest BCUT2D eigenvalue weighted by molar-refractivity contribution is 4.85. The minimum atomic E-state index is 0.428. The highest BCUT2D eigenvalue weighted by atomic mass is 15.1. The Morgan fingerprint density at radius 2 is 1.94 bits per heavy atom. The van der Waals surface area contributed by atoms with Crippen LogP contribution in [0.4, 0.5) is 0 Å². The standard InChI is InChI=1S/C15H33N3/c1-15(2,13-17-10-6-5-9-16-3)14-8-7-11-18(4)12-14/h14,16-17H,5-13H2,1-4H3. The zero-order valence-corrected chi connectivity index (χ0v) is 12.9. The molecule has 1 aliphatic heterocycles. The van der Waals surface area contributed by atoms with Gasteiger partial charge in [-0.25, -0.2) is 0 Å². The summed E-state index contributed by atoms with van der Waals surface area (Å²) in [4.78, 5) is 2.49. The van der Waals surface area contributed by atoms with E-state index in [2.05, 4.69) is 36.4 Å². The molecule has 0 aromatic rings. The zero-order chi connectivity index (χ0) is 13.4. The maximum Gasteiger partial charge on any atom is 0.00122 e. The van der Waals surface area contributed by atoms with Gasteiger partial charge in [0.05, 0.1) is 0 Å². The molecule has 1 saturated heterocycles. The van der Waals surface area contributed by atoms with Crippen LogP contribution in [-0.2, 0) is 0 Å². The van der Waals surface area contributed by atoms with Crippen molar-refractivity contribution in [3.63, 3.8) is 0 Å². The molecule has 18 heavy (non-hydrogen) atoms. The molecule has 1 unspecified atom stereocenters. The Morgan fingerprint density at radius 3 is 2.61 bits per heavy atom. The van der Waals surface area contributed by atoms with Crippen molar-refractivity contribution in [1.82, 2.24) is 15.5 Å². The van der Waals surface area contributed by atoms with Gasteiger partial charge in [-0.2, -0.15) is 0 Å². The Morgan fingerprint density at radius 1 is 1.22 bits per heavy atom. The molecule has 1 aliphatic rings. The van der Waals surface area contributed by atoms with Crippen LogP contribution in [0.5, 0.6) is 0 Å². The van der Waals surface area contributed by atoms with Gasteiger partial charge in [0, 0.05) is 13.1 Å². The van der Waals surface area contributed by atoms with E-state index >= 15 is 0 Å². The summed E-state index contributed by atoms with van der Waals surface area (Å²) in [5, 5.41) is 6.85. The first-order valence-corrected chi connectivity index (χ1v) is 7.60. The molecule has 0 aromatic carbocycles. The van der Waals surface area contributed by atoms with Crippen LogP contribution in [0.2, 0.25) is 0 Å². The molecule has 0 bridgehead atoms.